The summed E-state index contributed by atoms with van der Waals surface area (Å²) in [6, 6.07) is 10.6. The van der Waals surface area contributed by atoms with Gasteiger partial charge in [-0.2, -0.15) is 10.2 Å². The lowest BCUT2D eigenvalue weighted by atomic mass is 10.3. The molecule has 0 spiro atoms. The number of hydrogen-bond acceptors (Lipinski definition) is 4. The fourth-order valence-electron chi connectivity index (χ4n) is 3.06. The van der Waals surface area contributed by atoms with E-state index in [9.17, 15) is 9.18 Å². The number of halogens is 1. The van der Waals surface area contributed by atoms with Crippen LogP contribution in [0.3, 0.4) is 0 Å². The van der Waals surface area contributed by atoms with Crippen molar-refractivity contribution in [1.82, 2.24) is 19.8 Å². The average Bonchev–Trinajstić information content (AvgIpc) is 3.25. The maximum Gasteiger partial charge on any atom is 0.250 e. The molecule has 2 aromatic heterocycles. The van der Waals surface area contributed by atoms with Crippen LogP contribution in [0.1, 0.15) is 36.8 Å². The Morgan fingerprint density at radius 2 is 2.07 bits per heavy atom. The number of benzene rings is 1. The van der Waals surface area contributed by atoms with Crippen LogP contribution in [0.2, 0.25) is 0 Å². The average molecular weight is 414 g/mol. The molecule has 8 heteroatoms. The van der Waals surface area contributed by atoms with Crippen LogP contribution in [0.25, 0.3) is 5.82 Å². The summed E-state index contributed by atoms with van der Waals surface area (Å²) in [6.07, 6.45) is 3.41. The number of hydrogen-bond donors (Lipinski definition) is 1. The van der Waals surface area contributed by atoms with Gasteiger partial charge in [0, 0.05) is 34.0 Å². The summed E-state index contributed by atoms with van der Waals surface area (Å²) in [7, 11) is 0. The summed E-state index contributed by atoms with van der Waals surface area (Å²) in [5.41, 5.74) is 5.46. The van der Waals surface area contributed by atoms with Crippen molar-refractivity contribution in [1.29, 1.82) is 0 Å². The number of carbonyl (C=O) groups excluding carboxylic acids is 1. The molecular formula is C21H24FN5OS. The van der Waals surface area contributed by atoms with E-state index in [0.29, 0.717) is 4.90 Å². The molecule has 1 aromatic carbocycles. The first-order valence-electron chi connectivity index (χ1n) is 9.30. The number of aromatic nitrogens is 3. The Morgan fingerprint density at radius 3 is 2.79 bits per heavy atom. The molecular weight excluding hydrogens is 389 g/mol. The highest BCUT2D eigenvalue weighted by atomic mass is 32.2. The van der Waals surface area contributed by atoms with Gasteiger partial charge in [0.25, 0.3) is 0 Å². The molecule has 0 fully saturated rings. The zero-order valence-electron chi connectivity index (χ0n) is 16.9. The Balaban J connectivity index is 1.66. The van der Waals surface area contributed by atoms with Crippen molar-refractivity contribution in [2.45, 2.75) is 38.6 Å². The van der Waals surface area contributed by atoms with Gasteiger partial charge in [-0.1, -0.05) is 12.1 Å². The quantitative estimate of drug-likeness (QED) is 0.358. The molecule has 0 aliphatic rings. The van der Waals surface area contributed by atoms with Crippen molar-refractivity contribution in [2.24, 2.45) is 5.10 Å². The highest BCUT2D eigenvalue weighted by Gasteiger charge is 2.14. The second-order valence-corrected chi connectivity index (χ2v) is 7.92. The molecule has 0 unspecified atom stereocenters. The van der Waals surface area contributed by atoms with Crippen molar-refractivity contribution in [3.8, 4) is 5.82 Å². The third-order valence-corrected chi connectivity index (χ3v) is 5.47. The van der Waals surface area contributed by atoms with Gasteiger partial charge in [-0.25, -0.2) is 14.5 Å². The molecule has 3 rings (SSSR count). The van der Waals surface area contributed by atoms with Gasteiger partial charge >= 0.3 is 0 Å². The van der Waals surface area contributed by atoms with Crippen molar-refractivity contribution in [2.75, 3.05) is 5.75 Å². The van der Waals surface area contributed by atoms with Crippen LogP contribution in [-0.2, 0) is 4.79 Å². The van der Waals surface area contributed by atoms with Crippen LogP contribution in [-0.4, -0.2) is 32.2 Å². The Labute approximate surface area is 173 Å². The second kappa shape index (κ2) is 9.09. The van der Waals surface area contributed by atoms with E-state index < -0.39 is 0 Å². The van der Waals surface area contributed by atoms with Gasteiger partial charge in [0.05, 0.1) is 18.2 Å². The lowest BCUT2D eigenvalue weighted by Crippen LogP contribution is -2.19. The molecule has 0 atom stereocenters. The van der Waals surface area contributed by atoms with E-state index in [-0.39, 0.29) is 23.5 Å². The van der Waals surface area contributed by atoms with E-state index in [1.807, 2.05) is 30.7 Å². The van der Waals surface area contributed by atoms with Gasteiger partial charge in [0.1, 0.15) is 11.6 Å². The molecule has 0 saturated heterocycles. The fraction of sp³-hybridized carbons (Fsp3) is 0.286. The van der Waals surface area contributed by atoms with Gasteiger partial charge in [-0.05, 0) is 45.9 Å². The Bertz CT molecular complexity index is 1040. The van der Waals surface area contributed by atoms with E-state index >= 15 is 0 Å². The molecule has 1 amide bonds. The minimum atomic E-state index is -0.332. The maximum absolute atomic E-state index is 13.6. The predicted molar refractivity (Wildman–Crippen MR) is 114 cm³/mol. The first-order valence-corrected chi connectivity index (χ1v) is 10.3. The number of hydrazone groups is 1. The summed E-state index contributed by atoms with van der Waals surface area (Å²) in [6.45, 7) is 8.19. The van der Waals surface area contributed by atoms with E-state index in [4.69, 9.17) is 0 Å². The highest BCUT2D eigenvalue weighted by Crippen LogP contribution is 2.22. The van der Waals surface area contributed by atoms with Crippen LogP contribution in [0.15, 0.2) is 52.6 Å². The number of amides is 1. The molecule has 3 aromatic rings. The van der Waals surface area contributed by atoms with Crippen LogP contribution in [0, 0.1) is 19.7 Å². The number of nitrogens with one attached hydrogen (secondary N) is 1. The van der Waals surface area contributed by atoms with Crippen LogP contribution < -0.4 is 5.43 Å². The van der Waals surface area contributed by atoms with Crippen molar-refractivity contribution < 1.29 is 9.18 Å². The molecule has 0 aliphatic heterocycles. The lowest BCUT2D eigenvalue weighted by Gasteiger charge is -2.14. The van der Waals surface area contributed by atoms with Crippen LogP contribution in [0.4, 0.5) is 4.39 Å². The topological polar surface area (TPSA) is 64.2 Å². The molecule has 1 N–H and O–H groups in total. The van der Waals surface area contributed by atoms with E-state index in [0.717, 1.165) is 34.5 Å². The zero-order valence-corrected chi connectivity index (χ0v) is 17.7. The smallest absolute Gasteiger partial charge is 0.250 e. The minimum absolute atomic E-state index is 0.0882. The maximum atomic E-state index is 13.6. The number of aryl methyl sites for hydroxylation is 1. The Morgan fingerprint density at radius 1 is 1.31 bits per heavy atom. The van der Waals surface area contributed by atoms with Crippen LogP contribution >= 0.6 is 11.8 Å². The largest absolute Gasteiger partial charge is 0.303 e. The van der Waals surface area contributed by atoms with Crippen LogP contribution in [0.5, 0.6) is 0 Å². The molecule has 0 saturated carbocycles. The van der Waals surface area contributed by atoms with Gasteiger partial charge in [0.2, 0.25) is 5.91 Å². The highest BCUT2D eigenvalue weighted by molar-refractivity contribution is 8.00. The van der Waals surface area contributed by atoms with E-state index in [1.165, 1.54) is 6.07 Å². The summed E-state index contributed by atoms with van der Waals surface area (Å²) in [5, 5.41) is 8.46. The predicted octanol–water partition coefficient (Wildman–Crippen LogP) is 4.25. The second-order valence-electron chi connectivity index (χ2n) is 6.90. The minimum Gasteiger partial charge on any atom is -0.303 e. The van der Waals surface area contributed by atoms with Gasteiger partial charge in [0.15, 0.2) is 0 Å². The summed E-state index contributed by atoms with van der Waals surface area (Å²) < 4.78 is 17.7. The molecule has 0 bridgehead atoms. The van der Waals surface area contributed by atoms with Gasteiger partial charge in [-0.15, -0.1) is 11.8 Å². The molecule has 0 radical (unpaired) electrons. The fourth-order valence-corrected chi connectivity index (χ4v) is 3.80. The normalized spacial score (nSPS) is 11.5. The summed E-state index contributed by atoms with van der Waals surface area (Å²) in [5.74, 6) is 0.452. The number of nitrogens with zero attached hydrogens (tertiary/aromatic N) is 4. The summed E-state index contributed by atoms with van der Waals surface area (Å²) in [4.78, 5) is 12.4. The number of thioether (sulfide) groups is 1. The number of rotatable bonds is 7. The first-order chi connectivity index (χ1) is 13.9. The Kier molecular flexibility index (Phi) is 6.53. The molecule has 29 heavy (non-hydrogen) atoms. The van der Waals surface area contributed by atoms with Crippen molar-refractivity contribution >= 4 is 23.9 Å². The monoisotopic (exact) mass is 413 g/mol. The SMILES string of the molecule is Cc1cc(/C=N\NC(=O)CSc2ccccc2F)c(C)n1-c1ccnn1C(C)C. The van der Waals surface area contributed by atoms with Crippen molar-refractivity contribution in [3.63, 3.8) is 0 Å². The standard InChI is InChI=1S/C21H24FN5OS/c1-14(2)27-21(9-10-24-27)26-15(3)11-17(16(26)4)12-23-25-20(28)13-29-19-8-6-5-7-18(19)22/h5-12,14H,13H2,1-4H3,(H,25,28)/b23-12-. The van der Waals surface area contributed by atoms with Gasteiger partial charge in [-0.3, -0.25) is 4.79 Å². The third kappa shape index (κ3) is 4.76. The Hall–Kier alpha value is -2.87. The molecule has 2 heterocycles. The first kappa shape index (κ1) is 20.9. The molecule has 152 valence electrons. The van der Waals surface area contributed by atoms with Gasteiger partial charge < -0.3 is 4.57 Å². The third-order valence-electron chi connectivity index (χ3n) is 4.43. The molecule has 6 nitrogen and oxygen atoms in total. The van der Waals surface area contributed by atoms with E-state index in [1.54, 1.807) is 30.6 Å². The summed E-state index contributed by atoms with van der Waals surface area (Å²) >= 11 is 1.14. The molecule has 0 aliphatic carbocycles. The lowest BCUT2D eigenvalue weighted by molar-refractivity contribution is -0.118. The van der Waals surface area contributed by atoms with E-state index in [2.05, 4.69) is 34.0 Å². The van der Waals surface area contributed by atoms with Crippen molar-refractivity contribution in [3.05, 3.63) is 65.4 Å². The number of carbonyl (C=O) groups is 1. The zero-order chi connectivity index (χ0) is 21.0.